The third kappa shape index (κ3) is 2.94. The average Bonchev–Trinajstić information content (AvgIpc) is 2.18. The zero-order chi connectivity index (χ0) is 10.8. The van der Waals surface area contributed by atoms with Gasteiger partial charge in [0, 0.05) is 26.4 Å². The van der Waals surface area contributed by atoms with Crippen LogP contribution in [0.1, 0.15) is 46.0 Å². The van der Waals surface area contributed by atoms with Gasteiger partial charge < -0.3 is 9.47 Å². The SMILES string of the molecule is CC1(CC2(C)CCOCC2)CCOCC1. The Hall–Kier alpha value is -0.0800. The molecule has 0 bridgehead atoms. The van der Waals surface area contributed by atoms with Crippen LogP contribution in [-0.4, -0.2) is 26.4 Å². The third-order valence-corrected chi connectivity index (χ3v) is 4.25. The number of hydrogen-bond acceptors (Lipinski definition) is 2. The summed E-state index contributed by atoms with van der Waals surface area (Å²) in [5.74, 6) is 0. The first-order chi connectivity index (χ1) is 7.12. The van der Waals surface area contributed by atoms with Crippen LogP contribution in [0.5, 0.6) is 0 Å². The minimum atomic E-state index is 0.518. The lowest BCUT2D eigenvalue weighted by Gasteiger charge is -2.43. The lowest BCUT2D eigenvalue weighted by Crippen LogP contribution is -2.36. The molecule has 88 valence electrons. The highest BCUT2D eigenvalue weighted by Crippen LogP contribution is 2.45. The highest BCUT2D eigenvalue weighted by molar-refractivity contribution is 4.87. The van der Waals surface area contributed by atoms with Crippen molar-refractivity contribution in [2.24, 2.45) is 10.8 Å². The van der Waals surface area contributed by atoms with Gasteiger partial charge in [0.25, 0.3) is 0 Å². The Bertz CT molecular complexity index is 179. The Morgan fingerprint density at radius 3 is 1.40 bits per heavy atom. The zero-order valence-electron chi connectivity index (χ0n) is 10.2. The summed E-state index contributed by atoms with van der Waals surface area (Å²) in [5, 5.41) is 0. The first kappa shape index (κ1) is 11.4. The smallest absolute Gasteiger partial charge is 0.0471 e. The molecular formula is C13H24O2. The molecule has 0 radical (unpaired) electrons. The summed E-state index contributed by atoms with van der Waals surface area (Å²) in [7, 11) is 0. The average molecular weight is 212 g/mol. The highest BCUT2D eigenvalue weighted by Gasteiger charge is 2.37. The van der Waals surface area contributed by atoms with Crippen LogP contribution in [0, 0.1) is 10.8 Å². The van der Waals surface area contributed by atoms with Gasteiger partial charge in [-0.3, -0.25) is 0 Å². The van der Waals surface area contributed by atoms with Crippen LogP contribution in [0.2, 0.25) is 0 Å². The van der Waals surface area contributed by atoms with Gasteiger partial charge in [0.1, 0.15) is 0 Å². The Morgan fingerprint density at radius 2 is 1.07 bits per heavy atom. The maximum Gasteiger partial charge on any atom is 0.0471 e. The van der Waals surface area contributed by atoms with Gasteiger partial charge in [0.2, 0.25) is 0 Å². The summed E-state index contributed by atoms with van der Waals surface area (Å²) in [6.07, 6.45) is 6.31. The fourth-order valence-corrected chi connectivity index (χ4v) is 3.11. The van der Waals surface area contributed by atoms with Gasteiger partial charge in [-0.2, -0.15) is 0 Å². The molecule has 2 heteroatoms. The van der Waals surface area contributed by atoms with Crippen molar-refractivity contribution < 1.29 is 9.47 Å². The summed E-state index contributed by atoms with van der Waals surface area (Å²) >= 11 is 0. The topological polar surface area (TPSA) is 18.5 Å². The summed E-state index contributed by atoms with van der Waals surface area (Å²) < 4.78 is 10.9. The quantitative estimate of drug-likeness (QED) is 0.700. The molecule has 2 aliphatic heterocycles. The molecule has 2 heterocycles. The molecule has 0 atom stereocenters. The van der Waals surface area contributed by atoms with E-state index in [9.17, 15) is 0 Å². The van der Waals surface area contributed by atoms with Crippen molar-refractivity contribution in [1.29, 1.82) is 0 Å². The summed E-state index contributed by atoms with van der Waals surface area (Å²) in [6, 6.07) is 0. The Balaban J connectivity index is 1.93. The van der Waals surface area contributed by atoms with Gasteiger partial charge in [0.15, 0.2) is 0 Å². The van der Waals surface area contributed by atoms with Crippen molar-refractivity contribution in [3.63, 3.8) is 0 Å². The Labute approximate surface area is 93.3 Å². The maximum atomic E-state index is 5.46. The van der Waals surface area contributed by atoms with Crippen LogP contribution >= 0.6 is 0 Å². The molecular weight excluding hydrogens is 188 g/mol. The normalized spacial score (nSPS) is 30.0. The maximum absolute atomic E-state index is 5.46. The zero-order valence-corrected chi connectivity index (χ0v) is 10.2. The molecule has 0 aliphatic carbocycles. The van der Waals surface area contributed by atoms with Crippen LogP contribution in [0.3, 0.4) is 0 Å². The van der Waals surface area contributed by atoms with Crippen molar-refractivity contribution in [2.45, 2.75) is 46.0 Å². The molecule has 0 spiro atoms. The first-order valence-electron chi connectivity index (χ1n) is 6.28. The van der Waals surface area contributed by atoms with E-state index >= 15 is 0 Å². The summed E-state index contributed by atoms with van der Waals surface area (Å²) in [6.45, 7) is 8.73. The van der Waals surface area contributed by atoms with Gasteiger partial charge in [0.05, 0.1) is 0 Å². The van der Waals surface area contributed by atoms with Crippen molar-refractivity contribution in [3.8, 4) is 0 Å². The summed E-state index contributed by atoms with van der Waals surface area (Å²) in [4.78, 5) is 0. The highest BCUT2D eigenvalue weighted by atomic mass is 16.5. The van der Waals surface area contributed by atoms with E-state index in [0.717, 1.165) is 26.4 Å². The van der Waals surface area contributed by atoms with E-state index in [1.54, 1.807) is 0 Å². The molecule has 2 saturated heterocycles. The van der Waals surface area contributed by atoms with Crippen LogP contribution in [-0.2, 0) is 9.47 Å². The molecule has 0 aromatic rings. The predicted octanol–water partition coefficient (Wildman–Crippen LogP) is 3.01. The monoisotopic (exact) mass is 212 g/mol. The van der Waals surface area contributed by atoms with Crippen molar-refractivity contribution >= 4 is 0 Å². The van der Waals surface area contributed by atoms with Gasteiger partial charge in [-0.1, -0.05) is 13.8 Å². The number of ether oxygens (including phenoxy) is 2. The second-order valence-corrected chi connectivity index (χ2v) is 6.02. The van der Waals surface area contributed by atoms with E-state index in [2.05, 4.69) is 13.8 Å². The minimum absolute atomic E-state index is 0.518. The molecule has 0 aromatic heterocycles. The van der Waals surface area contributed by atoms with E-state index in [0.29, 0.717) is 10.8 Å². The van der Waals surface area contributed by atoms with E-state index in [1.807, 2.05) is 0 Å². The van der Waals surface area contributed by atoms with Crippen LogP contribution in [0.25, 0.3) is 0 Å². The molecule has 0 unspecified atom stereocenters. The Kier molecular flexibility index (Phi) is 3.36. The molecule has 0 saturated carbocycles. The lowest BCUT2D eigenvalue weighted by atomic mass is 9.66. The third-order valence-electron chi connectivity index (χ3n) is 4.25. The lowest BCUT2D eigenvalue weighted by molar-refractivity contribution is -0.0363. The van der Waals surface area contributed by atoms with Crippen molar-refractivity contribution in [3.05, 3.63) is 0 Å². The molecule has 2 aliphatic rings. The van der Waals surface area contributed by atoms with E-state index in [4.69, 9.17) is 9.47 Å². The molecule has 2 nitrogen and oxygen atoms in total. The van der Waals surface area contributed by atoms with Crippen LogP contribution in [0.4, 0.5) is 0 Å². The number of rotatable bonds is 2. The van der Waals surface area contributed by atoms with Crippen molar-refractivity contribution in [1.82, 2.24) is 0 Å². The second kappa shape index (κ2) is 4.42. The van der Waals surface area contributed by atoms with Crippen LogP contribution < -0.4 is 0 Å². The largest absolute Gasteiger partial charge is 0.381 e. The van der Waals surface area contributed by atoms with E-state index in [1.165, 1.54) is 32.1 Å². The van der Waals surface area contributed by atoms with E-state index in [-0.39, 0.29) is 0 Å². The molecule has 0 N–H and O–H groups in total. The molecule has 15 heavy (non-hydrogen) atoms. The number of hydrogen-bond donors (Lipinski definition) is 0. The fraction of sp³-hybridized carbons (Fsp3) is 1.00. The van der Waals surface area contributed by atoms with Gasteiger partial charge in [-0.25, -0.2) is 0 Å². The van der Waals surface area contributed by atoms with Crippen molar-refractivity contribution in [2.75, 3.05) is 26.4 Å². The molecule has 0 aromatic carbocycles. The predicted molar refractivity (Wildman–Crippen MR) is 60.9 cm³/mol. The molecule has 0 amide bonds. The van der Waals surface area contributed by atoms with Gasteiger partial charge in [-0.15, -0.1) is 0 Å². The van der Waals surface area contributed by atoms with Crippen LogP contribution in [0.15, 0.2) is 0 Å². The molecule has 2 fully saturated rings. The second-order valence-electron chi connectivity index (χ2n) is 6.02. The van der Waals surface area contributed by atoms with Gasteiger partial charge >= 0.3 is 0 Å². The molecule has 2 rings (SSSR count). The minimum Gasteiger partial charge on any atom is -0.381 e. The standard InChI is InChI=1S/C13H24O2/c1-12(3-7-14-8-4-12)11-13(2)5-9-15-10-6-13/h3-11H2,1-2H3. The summed E-state index contributed by atoms with van der Waals surface area (Å²) in [5.41, 5.74) is 1.04. The van der Waals surface area contributed by atoms with Gasteiger partial charge in [-0.05, 0) is 42.9 Å². The van der Waals surface area contributed by atoms with E-state index < -0.39 is 0 Å². The first-order valence-corrected chi connectivity index (χ1v) is 6.28. The fourth-order valence-electron chi connectivity index (χ4n) is 3.11. The Morgan fingerprint density at radius 1 is 0.733 bits per heavy atom.